The summed E-state index contributed by atoms with van der Waals surface area (Å²) in [5.41, 5.74) is 6.60. The molecule has 1 aromatic heterocycles. The van der Waals surface area contributed by atoms with Crippen LogP contribution in [0.5, 0.6) is 0 Å². The number of thiazole rings is 1. The van der Waals surface area contributed by atoms with Gasteiger partial charge in [-0.2, -0.15) is 0 Å². The Morgan fingerprint density at radius 3 is 2.64 bits per heavy atom. The Hall–Kier alpha value is -0.410. The van der Waals surface area contributed by atoms with Crippen LogP contribution in [-0.2, 0) is 6.42 Å². The fourth-order valence-electron chi connectivity index (χ4n) is 1.07. The lowest BCUT2D eigenvalue weighted by atomic mass is 10.2. The smallest absolute Gasteiger partial charge is 0.0900 e. The molecule has 0 fully saturated rings. The van der Waals surface area contributed by atoms with Crippen molar-refractivity contribution in [1.29, 1.82) is 0 Å². The molecule has 0 aromatic carbocycles. The lowest BCUT2D eigenvalue weighted by Crippen LogP contribution is -1.99. The molecular formula is C8H14N2S. The molecule has 0 aliphatic rings. The van der Waals surface area contributed by atoms with Crippen LogP contribution in [0.15, 0.2) is 0 Å². The number of nitrogens with zero attached hydrogens (tertiary/aromatic N) is 1. The SMILES string of the molecule is Cc1nc(C)c(CCCN)s1. The predicted octanol–water partition coefficient (Wildman–Crippen LogP) is 1.65. The highest BCUT2D eigenvalue weighted by Gasteiger charge is 2.02. The first kappa shape index (κ1) is 8.68. The van der Waals surface area contributed by atoms with Crippen molar-refractivity contribution in [3.8, 4) is 0 Å². The van der Waals surface area contributed by atoms with Gasteiger partial charge in [-0.15, -0.1) is 11.3 Å². The maximum Gasteiger partial charge on any atom is 0.0900 e. The number of aryl methyl sites for hydroxylation is 3. The second kappa shape index (κ2) is 3.83. The van der Waals surface area contributed by atoms with Crippen LogP contribution in [0.1, 0.15) is 22.0 Å². The van der Waals surface area contributed by atoms with Crippen molar-refractivity contribution < 1.29 is 0 Å². The summed E-state index contributed by atoms with van der Waals surface area (Å²) in [6, 6.07) is 0. The molecule has 0 saturated carbocycles. The van der Waals surface area contributed by atoms with E-state index in [0.29, 0.717) is 0 Å². The molecular weight excluding hydrogens is 156 g/mol. The Morgan fingerprint density at radius 2 is 2.18 bits per heavy atom. The van der Waals surface area contributed by atoms with Gasteiger partial charge in [0.05, 0.1) is 10.7 Å². The summed E-state index contributed by atoms with van der Waals surface area (Å²) in [4.78, 5) is 5.74. The van der Waals surface area contributed by atoms with Crippen LogP contribution in [0.3, 0.4) is 0 Å². The molecule has 0 saturated heterocycles. The molecule has 1 heterocycles. The molecule has 1 aromatic rings. The van der Waals surface area contributed by atoms with Crippen LogP contribution in [0.2, 0.25) is 0 Å². The van der Waals surface area contributed by atoms with Gasteiger partial charge in [0.1, 0.15) is 0 Å². The molecule has 0 aliphatic heterocycles. The summed E-state index contributed by atoms with van der Waals surface area (Å²) in [7, 11) is 0. The van der Waals surface area contributed by atoms with E-state index in [1.165, 1.54) is 10.6 Å². The van der Waals surface area contributed by atoms with Crippen molar-refractivity contribution in [2.75, 3.05) is 6.54 Å². The zero-order chi connectivity index (χ0) is 8.27. The molecule has 0 amide bonds. The third kappa shape index (κ3) is 2.27. The molecule has 2 nitrogen and oxygen atoms in total. The van der Waals surface area contributed by atoms with E-state index in [2.05, 4.69) is 11.9 Å². The van der Waals surface area contributed by atoms with Gasteiger partial charge < -0.3 is 5.73 Å². The average Bonchev–Trinajstić information content (AvgIpc) is 2.26. The first-order valence-corrected chi connectivity index (χ1v) is 4.68. The monoisotopic (exact) mass is 170 g/mol. The molecule has 0 unspecified atom stereocenters. The molecule has 0 atom stereocenters. The van der Waals surface area contributed by atoms with Crippen LogP contribution in [0.25, 0.3) is 0 Å². The topological polar surface area (TPSA) is 38.9 Å². The van der Waals surface area contributed by atoms with Gasteiger partial charge in [0.25, 0.3) is 0 Å². The minimum Gasteiger partial charge on any atom is -0.330 e. The van der Waals surface area contributed by atoms with Crippen LogP contribution < -0.4 is 5.73 Å². The molecule has 62 valence electrons. The lowest BCUT2D eigenvalue weighted by molar-refractivity contribution is 0.836. The van der Waals surface area contributed by atoms with E-state index in [1.807, 2.05) is 6.92 Å². The number of nitrogens with two attached hydrogens (primary N) is 1. The van der Waals surface area contributed by atoms with E-state index >= 15 is 0 Å². The number of hydrogen-bond acceptors (Lipinski definition) is 3. The largest absolute Gasteiger partial charge is 0.330 e. The lowest BCUT2D eigenvalue weighted by Gasteiger charge is -1.93. The summed E-state index contributed by atoms with van der Waals surface area (Å²) >= 11 is 1.79. The normalized spacial score (nSPS) is 10.5. The van der Waals surface area contributed by atoms with Gasteiger partial charge in [-0.05, 0) is 33.2 Å². The minimum atomic E-state index is 0.774. The summed E-state index contributed by atoms with van der Waals surface area (Å²) in [5.74, 6) is 0. The highest BCUT2D eigenvalue weighted by Crippen LogP contribution is 2.18. The molecule has 2 N–H and O–H groups in total. The quantitative estimate of drug-likeness (QED) is 0.749. The van der Waals surface area contributed by atoms with E-state index in [0.717, 1.165) is 24.4 Å². The molecule has 1 rings (SSSR count). The van der Waals surface area contributed by atoms with Crippen molar-refractivity contribution in [1.82, 2.24) is 4.98 Å². The maximum absolute atomic E-state index is 5.42. The third-order valence-corrected chi connectivity index (χ3v) is 2.74. The second-order valence-corrected chi connectivity index (χ2v) is 3.92. The zero-order valence-corrected chi connectivity index (χ0v) is 7.87. The second-order valence-electron chi connectivity index (χ2n) is 2.63. The highest BCUT2D eigenvalue weighted by molar-refractivity contribution is 7.11. The Bertz CT molecular complexity index is 230. The first-order valence-electron chi connectivity index (χ1n) is 3.87. The van der Waals surface area contributed by atoms with Gasteiger partial charge in [0.2, 0.25) is 0 Å². The Kier molecular flexibility index (Phi) is 3.02. The Morgan fingerprint density at radius 1 is 1.45 bits per heavy atom. The molecule has 0 spiro atoms. The molecule has 11 heavy (non-hydrogen) atoms. The summed E-state index contributed by atoms with van der Waals surface area (Å²) in [6.45, 7) is 4.88. The van der Waals surface area contributed by atoms with Gasteiger partial charge in [-0.1, -0.05) is 0 Å². The summed E-state index contributed by atoms with van der Waals surface area (Å²) in [5, 5.41) is 1.16. The Balaban J connectivity index is 2.62. The fourth-order valence-corrected chi connectivity index (χ4v) is 2.05. The Labute approximate surface area is 71.5 Å². The van der Waals surface area contributed by atoms with E-state index in [9.17, 15) is 0 Å². The van der Waals surface area contributed by atoms with Crippen LogP contribution in [0.4, 0.5) is 0 Å². The van der Waals surface area contributed by atoms with Gasteiger partial charge in [-0.25, -0.2) is 4.98 Å². The zero-order valence-electron chi connectivity index (χ0n) is 7.05. The van der Waals surface area contributed by atoms with Gasteiger partial charge in [0.15, 0.2) is 0 Å². The van der Waals surface area contributed by atoms with Crippen molar-refractivity contribution in [3.05, 3.63) is 15.6 Å². The minimum absolute atomic E-state index is 0.774. The van der Waals surface area contributed by atoms with Crippen molar-refractivity contribution in [3.63, 3.8) is 0 Å². The molecule has 0 aliphatic carbocycles. The van der Waals surface area contributed by atoms with Gasteiger partial charge >= 0.3 is 0 Å². The predicted molar refractivity (Wildman–Crippen MR) is 49.0 cm³/mol. The van der Waals surface area contributed by atoms with E-state index in [4.69, 9.17) is 5.73 Å². The fraction of sp³-hybridized carbons (Fsp3) is 0.625. The molecule has 0 bridgehead atoms. The summed E-state index contributed by atoms with van der Waals surface area (Å²) in [6.07, 6.45) is 2.16. The number of hydrogen-bond donors (Lipinski definition) is 1. The van der Waals surface area contributed by atoms with Crippen LogP contribution >= 0.6 is 11.3 Å². The van der Waals surface area contributed by atoms with Crippen molar-refractivity contribution >= 4 is 11.3 Å². The molecule has 3 heteroatoms. The van der Waals surface area contributed by atoms with Gasteiger partial charge in [-0.3, -0.25) is 0 Å². The third-order valence-electron chi connectivity index (χ3n) is 1.61. The van der Waals surface area contributed by atoms with E-state index < -0.39 is 0 Å². The summed E-state index contributed by atoms with van der Waals surface area (Å²) < 4.78 is 0. The standard InChI is InChI=1S/C8H14N2S/c1-6-8(4-3-5-9)11-7(2)10-6/h3-5,9H2,1-2H3. The number of rotatable bonds is 3. The first-order chi connectivity index (χ1) is 5.24. The van der Waals surface area contributed by atoms with E-state index in [1.54, 1.807) is 11.3 Å². The van der Waals surface area contributed by atoms with Crippen molar-refractivity contribution in [2.45, 2.75) is 26.7 Å². The number of aromatic nitrogens is 1. The molecule has 0 radical (unpaired) electrons. The van der Waals surface area contributed by atoms with Crippen molar-refractivity contribution in [2.24, 2.45) is 5.73 Å². The van der Waals surface area contributed by atoms with E-state index in [-0.39, 0.29) is 0 Å². The van der Waals surface area contributed by atoms with Gasteiger partial charge in [0, 0.05) is 4.88 Å². The van der Waals surface area contributed by atoms with Crippen LogP contribution in [-0.4, -0.2) is 11.5 Å². The average molecular weight is 170 g/mol. The highest BCUT2D eigenvalue weighted by atomic mass is 32.1. The maximum atomic E-state index is 5.42. The van der Waals surface area contributed by atoms with Crippen LogP contribution in [0, 0.1) is 13.8 Å².